The van der Waals surface area contributed by atoms with E-state index in [0.717, 1.165) is 22.8 Å². The Balaban J connectivity index is 1.98. The number of aromatic nitrogens is 2. The number of nitrogens with zero attached hydrogens (tertiary/aromatic N) is 3. The summed E-state index contributed by atoms with van der Waals surface area (Å²) >= 11 is 1.51. The van der Waals surface area contributed by atoms with Gasteiger partial charge in [0.25, 0.3) is 5.56 Å². The first-order valence-electron chi connectivity index (χ1n) is 8.18. The van der Waals surface area contributed by atoms with Gasteiger partial charge in [0.15, 0.2) is 4.96 Å². The molecule has 3 rings (SSSR count). The maximum Gasteiger partial charge on any atom is 0.259 e. The number of rotatable bonds is 5. The highest BCUT2D eigenvalue weighted by Crippen LogP contribution is 2.22. The summed E-state index contributed by atoms with van der Waals surface area (Å²) in [6, 6.07) is 7.94. The Bertz CT molecular complexity index is 973. The van der Waals surface area contributed by atoms with E-state index in [9.17, 15) is 9.18 Å². The lowest BCUT2D eigenvalue weighted by molar-refractivity contribution is 0.627. The number of anilines is 1. The fraction of sp³-hybridized carbons (Fsp3) is 0.263. The first kappa shape index (κ1) is 17.4. The van der Waals surface area contributed by atoms with E-state index in [-0.39, 0.29) is 11.4 Å². The van der Waals surface area contributed by atoms with Crippen molar-refractivity contribution in [1.82, 2.24) is 9.38 Å². The second-order valence-corrected chi connectivity index (χ2v) is 6.92. The van der Waals surface area contributed by atoms with Gasteiger partial charge in [0.1, 0.15) is 5.82 Å². The summed E-state index contributed by atoms with van der Waals surface area (Å²) in [6.07, 6.45) is 3.85. The Hall–Kier alpha value is -2.47. The molecular formula is C19H20FN3OS. The summed E-state index contributed by atoms with van der Waals surface area (Å²) in [4.78, 5) is 21.1. The summed E-state index contributed by atoms with van der Waals surface area (Å²) in [6.45, 7) is 7.18. The first-order chi connectivity index (χ1) is 12.0. The Labute approximate surface area is 149 Å². The van der Waals surface area contributed by atoms with E-state index in [0.29, 0.717) is 17.2 Å². The number of allylic oxidation sites excluding steroid dienone is 1. The summed E-state index contributed by atoms with van der Waals surface area (Å²) in [7, 11) is 0. The van der Waals surface area contributed by atoms with Crippen molar-refractivity contribution in [2.24, 2.45) is 0 Å². The lowest BCUT2D eigenvalue weighted by atomic mass is 10.2. The Kier molecular flexibility index (Phi) is 4.99. The maximum absolute atomic E-state index is 13.1. The number of hydrogen-bond donors (Lipinski definition) is 0. The molecule has 0 unspecified atom stereocenters. The third-order valence-electron chi connectivity index (χ3n) is 4.04. The van der Waals surface area contributed by atoms with Crippen LogP contribution in [0.4, 0.5) is 10.1 Å². The van der Waals surface area contributed by atoms with Crippen molar-refractivity contribution in [3.05, 3.63) is 68.8 Å². The zero-order valence-corrected chi connectivity index (χ0v) is 15.3. The van der Waals surface area contributed by atoms with Crippen LogP contribution < -0.4 is 10.5 Å². The molecule has 25 heavy (non-hydrogen) atoms. The van der Waals surface area contributed by atoms with Gasteiger partial charge < -0.3 is 4.90 Å². The molecule has 0 fully saturated rings. The number of hydrogen-bond acceptors (Lipinski definition) is 4. The minimum Gasteiger partial charge on any atom is -0.366 e. The summed E-state index contributed by atoms with van der Waals surface area (Å²) in [5, 5.41) is 0. The molecule has 130 valence electrons. The molecule has 0 radical (unpaired) electrons. The van der Waals surface area contributed by atoms with Crippen molar-refractivity contribution in [2.45, 2.75) is 27.3 Å². The zero-order valence-electron chi connectivity index (χ0n) is 14.5. The van der Waals surface area contributed by atoms with E-state index in [1.54, 1.807) is 22.6 Å². The Morgan fingerprint density at radius 1 is 1.32 bits per heavy atom. The van der Waals surface area contributed by atoms with Crippen LogP contribution in [0.5, 0.6) is 0 Å². The molecule has 0 amide bonds. The fourth-order valence-corrected chi connectivity index (χ4v) is 3.79. The highest BCUT2D eigenvalue weighted by molar-refractivity contribution is 7.17. The number of thiazole rings is 1. The number of halogens is 1. The third kappa shape index (κ3) is 3.49. The average molecular weight is 357 g/mol. The second-order valence-electron chi connectivity index (χ2n) is 5.74. The Morgan fingerprint density at radius 3 is 2.68 bits per heavy atom. The summed E-state index contributed by atoms with van der Waals surface area (Å²) < 4.78 is 14.8. The predicted molar refractivity (Wildman–Crippen MR) is 102 cm³/mol. The van der Waals surface area contributed by atoms with Crippen LogP contribution in [0.15, 0.2) is 41.2 Å². The highest BCUT2D eigenvalue weighted by atomic mass is 32.1. The van der Waals surface area contributed by atoms with Gasteiger partial charge in [0.2, 0.25) is 0 Å². The minimum absolute atomic E-state index is 0.0763. The van der Waals surface area contributed by atoms with Crippen LogP contribution >= 0.6 is 11.3 Å². The maximum atomic E-state index is 13.1. The monoisotopic (exact) mass is 357 g/mol. The molecule has 0 aliphatic rings. The molecule has 0 aliphatic carbocycles. The number of aryl methyl sites for hydroxylation is 1. The molecule has 2 aromatic heterocycles. The van der Waals surface area contributed by atoms with Crippen molar-refractivity contribution in [3.63, 3.8) is 0 Å². The molecule has 3 aromatic rings. The van der Waals surface area contributed by atoms with E-state index in [2.05, 4.69) is 9.88 Å². The number of benzene rings is 1. The van der Waals surface area contributed by atoms with E-state index in [1.165, 1.54) is 23.5 Å². The van der Waals surface area contributed by atoms with E-state index < -0.39 is 0 Å². The van der Waals surface area contributed by atoms with Gasteiger partial charge in [0.05, 0.1) is 17.9 Å². The van der Waals surface area contributed by atoms with E-state index in [4.69, 9.17) is 0 Å². The molecule has 2 heterocycles. The van der Waals surface area contributed by atoms with Gasteiger partial charge in [0, 0.05) is 23.2 Å². The minimum atomic E-state index is -0.261. The molecule has 0 saturated heterocycles. The smallest absolute Gasteiger partial charge is 0.259 e. The molecule has 1 aromatic carbocycles. The third-order valence-corrected chi connectivity index (χ3v) is 5.01. The van der Waals surface area contributed by atoms with Crippen molar-refractivity contribution in [1.29, 1.82) is 0 Å². The van der Waals surface area contributed by atoms with E-state index in [1.807, 2.05) is 32.9 Å². The van der Waals surface area contributed by atoms with Gasteiger partial charge in [-0.15, -0.1) is 11.3 Å². The summed E-state index contributed by atoms with van der Waals surface area (Å²) in [5.41, 5.74) is 2.43. The second kappa shape index (κ2) is 7.19. The van der Waals surface area contributed by atoms with E-state index >= 15 is 0 Å². The van der Waals surface area contributed by atoms with Crippen LogP contribution in [0.3, 0.4) is 0 Å². The normalized spacial score (nSPS) is 11.5. The molecule has 0 spiro atoms. The summed E-state index contributed by atoms with van der Waals surface area (Å²) in [5.74, 6) is -0.261. The lowest BCUT2D eigenvalue weighted by Gasteiger charge is -2.22. The van der Waals surface area contributed by atoms with Crippen LogP contribution in [0.25, 0.3) is 11.0 Å². The molecule has 0 N–H and O–H groups in total. The van der Waals surface area contributed by atoms with Crippen molar-refractivity contribution >= 4 is 28.1 Å². The van der Waals surface area contributed by atoms with Crippen LogP contribution in [-0.4, -0.2) is 15.9 Å². The molecule has 4 nitrogen and oxygen atoms in total. The predicted octanol–water partition coefficient (Wildman–Crippen LogP) is 4.26. The van der Waals surface area contributed by atoms with Gasteiger partial charge >= 0.3 is 0 Å². The molecule has 0 bridgehead atoms. The molecule has 0 saturated carbocycles. The molecule has 0 aliphatic heterocycles. The quantitative estimate of drug-likeness (QED) is 0.685. The lowest BCUT2D eigenvalue weighted by Crippen LogP contribution is -2.24. The van der Waals surface area contributed by atoms with Crippen LogP contribution in [0, 0.1) is 12.7 Å². The molecular weight excluding hydrogens is 337 g/mol. The largest absolute Gasteiger partial charge is 0.366 e. The van der Waals surface area contributed by atoms with Gasteiger partial charge in [-0.2, -0.15) is 0 Å². The molecule has 0 atom stereocenters. The molecule has 6 heteroatoms. The van der Waals surface area contributed by atoms with Gasteiger partial charge in [-0.3, -0.25) is 9.20 Å². The topological polar surface area (TPSA) is 37.6 Å². The van der Waals surface area contributed by atoms with Gasteiger partial charge in [-0.05, 0) is 51.1 Å². The number of fused-ring (bicyclic) bond motifs is 1. The van der Waals surface area contributed by atoms with Crippen LogP contribution in [0.1, 0.15) is 30.1 Å². The highest BCUT2D eigenvalue weighted by Gasteiger charge is 2.13. The van der Waals surface area contributed by atoms with Crippen LogP contribution in [-0.2, 0) is 6.54 Å². The SMILES string of the molecule is C/C=C/c1c(C)sc2nc(CN(CC)c3ccc(F)cc3)cc(=O)n12. The van der Waals surface area contributed by atoms with Crippen molar-refractivity contribution < 1.29 is 4.39 Å². The van der Waals surface area contributed by atoms with Crippen molar-refractivity contribution in [2.75, 3.05) is 11.4 Å². The first-order valence-corrected chi connectivity index (χ1v) is 9.00. The van der Waals surface area contributed by atoms with Crippen LogP contribution in [0.2, 0.25) is 0 Å². The van der Waals surface area contributed by atoms with Gasteiger partial charge in [-0.25, -0.2) is 9.37 Å². The fourth-order valence-electron chi connectivity index (χ4n) is 2.81. The average Bonchev–Trinajstić information content (AvgIpc) is 2.90. The van der Waals surface area contributed by atoms with Gasteiger partial charge in [-0.1, -0.05) is 6.08 Å². The van der Waals surface area contributed by atoms with Crippen molar-refractivity contribution in [3.8, 4) is 0 Å². The standard InChI is InChI=1S/C19H20FN3OS/c1-4-6-17-13(3)25-19-21-15(11-18(24)23(17)19)12-22(5-2)16-9-7-14(20)8-10-16/h4,6-11H,5,12H2,1-3H3/b6-4+. The zero-order chi connectivity index (χ0) is 18.0. The Morgan fingerprint density at radius 2 is 2.04 bits per heavy atom.